The molecule has 0 bridgehead atoms. The highest BCUT2D eigenvalue weighted by atomic mass is 32.1. The van der Waals surface area contributed by atoms with Crippen molar-refractivity contribution < 1.29 is 18.7 Å². The molecule has 1 fully saturated rings. The molecule has 7 nitrogen and oxygen atoms in total. The molecule has 34 heavy (non-hydrogen) atoms. The number of rotatable bonds is 9. The molecule has 0 radical (unpaired) electrons. The van der Waals surface area contributed by atoms with Crippen LogP contribution in [-0.4, -0.2) is 49.1 Å². The molecule has 2 aromatic carbocycles. The molecule has 0 saturated carbocycles. The van der Waals surface area contributed by atoms with Crippen molar-refractivity contribution in [2.24, 2.45) is 5.92 Å². The maximum atomic E-state index is 13.1. The second-order valence-corrected chi connectivity index (χ2v) is 9.02. The lowest BCUT2D eigenvalue weighted by atomic mass is 9.96. The minimum absolute atomic E-state index is 0.00765. The summed E-state index contributed by atoms with van der Waals surface area (Å²) in [6.07, 6.45) is 2.88. The van der Waals surface area contributed by atoms with Gasteiger partial charge in [-0.05, 0) is 54.7 Å². The number of methoxy groups -OCH3 is 2. The predicted molar refractivity (Wildman–Crippen MR) is 130 cm³/mol. The highest BCUT2D eigenvalue weighted by Gasteiger charge is 2.26. The van der Waals surface area contributed by atoms with Gasteiger partial charge in [-0.1, -0.05) is 18.2 Å². The molecule has 4 rings (SSSR count). The molecule has 0 atom stereocenters. The van der Waals surface area contributed by atoms with Gasteiger partial charge in [0.05, 0.1) is 14.2 Å². The van der Waals surface area contributed by atoms with E-state index in [1.807, 2.05) is 18.2 Å². The highest BCUT2D eigenvalue weighted by Crippen LogP contribution is 2.28. The van der Waals surface area contributed by atoms with Gasteiger partial charge in [0.15, 0.2) is 11.5 Å². The third kappa shape index (κ3) is 6.02. The van der Waals surface area contributed by atoms with Crippen LogP contribution in [0.2, 0.25) is 0 Å². The number of nitrogens with zero attached hydrogens (tertiary/aromatic N) is 3. The van der Waals surface area contributed by atoms with E-state index in [1.165, 1.54) is 23.7 Å². The molecule has 3 aromatic rings. The van der Waals surface area contributed by atoms with Crippen LogP contribution in [0.15, 0.2) is 42.5 Å². The number of ether oxygens (including phenoxy) is 2. The number of carbonyl (C=O) groups is 1. The Bertz CT molecular complexity index is 1100. The largest absolute Gasteiger partial charge is 0.493 e. The van der Waals surface area contributed by atoms with Gasteiger partial charge in [-0.25, -0.2) is 9.37 Å². The fourth-order valence-corrected chi connectivity index (χ4v) is 4.81. The van der Waals surface area contributed by atoms with Gasteiger partial charge < -0.3 is 19.7 Å². The minimum atomic E-state index is -0.247. The molecule has 1 N–H and O–H groups in total. The Morgan fingerprint density at radius 2 is 1.79 bits per heavy atom. The van der Waals surface area contributed by atoms with Crippen molar-refractivity contribution in [3.05, 3.63) is 65.2 Å². The van der Waals surface area contributed by atoms with E-state index < -0.39 is 0 Å². The summed E-state index contributed by atoms with van der Waals surface area (Å²) in [5, 5.41) is 3.95. The van der Waals surface area contributed by atoms with E-state index in [-0.39, 0.29) is 17.6 Å². The van der Waals surface area contributed by atoms with Gasteiger partial charge in [-0.3, -0.25) is 4.79 Å². The topological polar surface area (TPSA) is 76.6 Å². The maximum absolute atomic E-state index is 13.1. The van der Waals surface area contributed by atoms with Crippen LogP contribution < -0.4 is 19.7 Å². The number of amides is 1. The molecule has 0 aliphatic carbocycles. The third-order valence-electron chi connectivity index (χ3n) is 6.03. The van der Waals surface area contributed by atoms with Crippen molar-refractivity contribution in [1.82, 2.24) is 14.7 Å². The van der Waals surface area contributed by atoms with Gasteiger partial charge in [-0.2, -0.15) is 4.37 Å². The SMILES string of the molecule is COc1ccc(CCNC(=O)C2CCN(c3nc(Cc4ccc(F)cc4)ns3)CC2)cc1OC. The van der Waals surface area contributed by atoms with E-state index in [0.717, 1.165) is 54.4 Å². The zero-order valence-electron chi connectivity index (χ0n) is 19.4. The first kappa shape index (κ1) is 23.9. The third-order valence-corrected chi connectivity index (χ3v) is 6.84. The number of nitrogens with one attached hydrogen (secondary N) is 1. The lowest BCUT2D eigenvalue weighted by molar-refractivity contribution is -0.125. The average molecular weight is 485 g/mol. The summed E-state index contributed by atoms with van der Waals surface area (Å²) >= 11 is 1.38. The summed E-state index contributed by atoms with van der Waals surface area (Å²) in [5.41, 5.74) is 2.06. The minimum Gasteiger partial charge on any atom is -0.493 e. The molecular formula is C25H29FN4O3S. The molecule has 1 aromatic heterocycles. The van der Waals surface area contributed by atoms with Crippen molar-refractivity contribution >= 4 is 22.6 Å². The van der Waals surface area contributed by atoms with Crippen LogP contribution in [0.25, 0.3) is 0 Å². The molecule has 0 spiro atoms. The Kier molecular flexibility index (Phi) is 7.95. The van der Waals surface area contributed by atoms with E-state index in [1.54, 1.807) is 26.4 Å². The number of aromatic nitrogens is 2. The van der Waals surface area contributed by atoms with Crippen LogP contribution in [0.5, 0.6) is 11.5 Å². The van der Waals surface area contributed by atoms with E-state index >= 15 is 0 Å². The van der Waals surface area contributed by atoms with Crippen LogP contribution in [0, 0.1) is 11.7 Å². The van der Waals surface area contributed by atoms with E-state index in [2.05, 4.69) is 19.6 Å². The first-order valence-electron chi connectivity index (χ1n) is 11.4. The first-order valence-corrected chi connectivity index (χ1v) is 12.1. The van der Waals surface area contributed by atoms with E-state index in [9.17, 15) is 9.18 Å². The summed E-state index contributed by atoms with van der Waals surface area (Å²) in [4.78, 5) is 19.5. The van der Waals surface area contributed by atoms with Crippen LogP contribution in [0.3, 0.4) is 0 Å². The highest BCUT2D eigenvalue weighted by molar-refractivity contribution is 7.09. The van der Waals surface area contributed by atoms with Gasteiger partial charge in [0.2, 0.25) is 11.0 Å². The summed E-state index contributed by atoms with van der Waals surface area (Å²) in [5.74, 6) is 1.99. The Labute approximate surface area is 203 Å². The summed E-state index contributed by atoms with van der Waals surface area (Å²) in [6.45, 7) is 2.13. The molecule has 1 aliphatic heterocycles. The van der Waals surface area contributed by atoms with Gasteiger partial charge in [0.25, 0.3) is 0 Å². The summed E-state index contributed by atoms with van der Waals surface area (Å²) in [6, 6.07) is 12.2. The van der Waals surface area contributed by atoms with E-state index in [4.69, 9.17) is 9.47 Å². The molecule has 1 aliphatic rings. The van der Waals surface area contributed by atoms with Gasteiger partial charge in [0, 0.05) is 43.5 Å². The van der Waals surface area contributed by atoms with Crippen LogP contribution in [0.4, 0.5) is 9.52 Å². The molecule has 1 saturated heterocycles. The van der Waals surface area contributed by atoms with Crippen molar-refractivity contribution in [1.29, 1.82) is 0 Å². The Morgan fingerprint density at radius 1 is 1.09 bits per heavy atom. The summed E-state index contributed by atoms with van der Waals surface area (Å²) < 4.78 is 28.2. The number of hydrogen-bond donors (Lipinski definition) is 1. The molecule has 2 heterocycles. The maximum Gasteiger partial charge on any atom is 0.223 e. The van der Waals surface area contributed by atoms with Crippen LogP contribution in [0.1, 0.15) is 29.8 Å². The Morgan fingerprint density at radius 3 is 2.50 bits per heavy atom. The van der Waals surface area contributed by atoms with Crippen molar-refractivity contribution in [2.75, 3.05) is 38.8 Å². The normalized spacial score (nSPS) is 14.1. The molecule has 180 valence electrons. The van der Waals surface area contributed by atoms with Gasteiger partial charge in [-0.15, -0.1) is 0 Å². The monoisotopic (exact) mass is 484 g/mol. The Balaban J connectivity index is 1.22. The van der Waals surface area contributed by atoms with Crippen molar-refractivity contribution in [3.8, 4) is 11.5 Å². The van der Waals surface area contributed by atoms with E-state index in [0.29, 0.717) is 24.5 Å². The number of halogens is 1. The zero-order chi connectivity index (χ0) is 23.9. The lowest BCUT2D eigenvalue weighted by Gasteiger charge is -2.30. The second kappa shape index (κ2) is 11.3. The fourth-order valence-electron chi connectivity index (χ4n) is 4.07. The number of hydrogen-bond acceptors (Lipinski definition) is 7. The number of carbonyl (C=O) groups excluding carboxylic acids is 1. The molecule has 0 unspecified atom stereocenters. The second-order valence-electron chi connectivity index (χ2n) is 8.29. The molecular weight excluding hydrogens is 455 g/mol. The number of piperidine rings is 1. The number of anilines is 1. The molecule has 1 amide bonds. The van der Waals surface area contributed by atoms with Gasteiger partial charge in [0.1, 0.15) is 11.6 Å². The lowest BCUT2D eigenvalue weighted by Crippen LogP contribution is -2.41. The quantitative estimate of drug-likeness (QED) is 0.497. The predicted octanol–water partition coefficient (Wildman–Crippen LogP) is 3.86. The fraction of sp³-hybridized carbons (Fsp3) is 0.400. The van der Waals surface area contributed by atoms with Crippen LogP contribution in [-0.2, 0) is 17.6 Å². The van der Waals surface area contributed by atoms with Crippen molar-refractivity contribution in [3.63, 3.8) is 0 Å². The smallest absolute Gasteiger partial charge is 0.223 e. The van der Waals surface area contributed by atoms with Crippen LogP contribution >= 0.6 is 11.5 Å². The zero-order valence-corrected chi connectivity index (χ0v) is 20.2. The first-order chi connectivity index (χ1) is 16.6. The van der Waals surface area contributed by atoms with Crippen molar-refractivity contribution in [2.45, 2.75) is 25.7 Å². The standard InChI is InChI=1S/C25H29FN4O3S/c1-32-21-8-5-18(15-22(21)33-2)9-12-27-24(31)19-10-13-30(14-11-19)25-28-23(29-34-25)16-17-3-6-20(26)7-4-17/h3-8,15,19H,9-14,16H2,1-2H3,(H,27,31). The number of benzene rings is 2. The summed E-state index contributed by atoms with van der Waals surface area (Å²) in [7, 11) is 3.23. The Hall–Kier alpha value is -3.20. The average Bonchev–Trinajstić information content (AvgIpc) is 3.34. The molecule has 9 heteroatoms. The van der Waals surface area contributed by atoms with Gasteiger partial charge >= 0.3 is 0 Å².